The molecule has 0 aromatic rings. The molecule has 0 amide bonds. The Bertz CT molecular complexity index is 333. The molecule has 0 aromatic carbocycles. The molecule has 3 heteroatoms. The quantitative estimate of drug-likeness (QED) is 0.408. The van der Waals surface area contributed by atoms with E-state index in [0.717, 1.165) is 24.0 Å². The van der Waals surface area contributed by atoms with Gasteiger partial charge in [0.1, 0.15) is 0 Å². The van der Waals surface area contributed by atoms with Crippen LogP contribution >= 0.6 is 0 Å². The van der Waals surface area contributed by atoms with Crippen molar-refractivity contribution in [2.45, 2.75) is 44.9 Å². The molecule has 0 unspecified atom stereocenters. The first-order valence-electron chi connectivity index (χ1n) is 6.39. The Morgan fingerprint density at radius 1 is 1.19 bits per heavy atom. The van der Waals surface area contributed by atoms with Gasteiger partial charge in [0.15, 0.2) is 0 Å². The van der Waals surface area contributed by atoms with E-state index in [1.807, 2.05) is 0 Å². The first-order valence-corrected chi connectivity index (χ1v) is 6.39. The summed E-state index contributed by atoms with van der Waals surface area (Å²) < 4.78 is 0. The van der Waals surface area contributed by atoms with Crippen LogP contribution in [0.2, 0.25) is 0 Å². The Kier molecular flexibility index (Phi) is 2.25. The van der Waals surface area contributed by atoms with E-state index < -0.39 is 0 Å². The Morgan fingerprint density at radius 2 is 1.69 bits per heavy atom. The SMILES string of the molecule is [N-]=[N+]=CC(=O)CC12CC3CC(CC(C3)C1)C2. The van der Waals surface area contributed by atoms with Crippen LogP contribution in [0, 0.1) is 23.2 Å². The van der Waals surface area contributed by atoms with Crippen molar-refractivity contribution in [3.63, 3.8) is 0 Å². The summed E-state index contributed by atoms with van der Waals surface area (Å²) in [6, 6.07) is 0. The van der Waals surface area contributed by atoms with E-state index in [-0.39, 0.29) is 11.2 Å². The molecule has 4 aliphatic carbocycles. The lowest BCUT2D eigenvalue weighted by atomic mass is 9.48. The summed E-state index contributed by atoms with van der Waals surface area (Å²) >= 11 is 0. The fraction of sp³-hybridized carbons (Fsp3) is 0.846. The van der Waals surface area contributed by atoms with E-state index in [1.54, 1.807) is 0 Å². The lowest BCUT2D eigenvalue weighted by Crippen LogP contribution is -2.47. The molecule has 4 fully saturated rings. The molecule has 0 saturated heterocycles. The highest BCUT2D eigenvalue weighted by molar-refractivity contribution is 6.25. The van der Waals surface area contributed by atoms with Crippen LogP contribution in [0.4, 0.5) is 0 Å². The zero-order valence-electron chi connectivity index (χ0n) is 9.56. The molecule has 0 aliphatic heterocycles. The number of hydrogen-bond acceptors (Lipinski definition) is 1. The van der Waals surface area contributed by atoms with E-state index in [4.69, 9.17) is 5.53 Å². The van der Waals surface area contributed by atoms with Crippen molar-refractivity contribution < 1.29 is 9.58 Å². The third kappa shape index (κ3) is 1.63. The molecule has 0 atom stereocenters. The minimum atomic E-state index is 0.00412. The number of carbonyl (C=O) groups excluding carboxylic acids is 1. The maximum atomic E-state index is 11.6. The van der Waals surface area contributed by atoms with Gasteiger partial charge in [-0.25, -0.2) is 0 Å². The van der Waals surface area contributed by atoms with Crippen LogP contribution < -0.4 is 0 Å². The fourth-order valence-corrected chi connectivity index (χ4v) is 4.99. The van der Waals surface area contributed by atoms with Crippen LogP contribution in [0.3, 0.4) is 0 Å². The van der Waals surface area contributed by atoms with Crippen LogP contribution in [0.15, 0.2) is 0 Å². The van der Waals surface area contributed by atoms with Gasteiger partial charge in [0.25, 0.3) is 0 Å². The number of carbonyl (C=O) groups is 1. The molecule has 0 radical (unpaired) electrons. The average Bonchev–Trinajstić information content (AvgIpc) is 2.13. The molecule has 4 bridgehead atoms. The van der Waals surface area contributed by atoms with Crippen molar-refractivity contribution in [3.8, 4) is 0 Å². The normalized spacial score (nSPS) is 44.1. The van der Waals surface area contributed by atoms with Gasteiger partial charge in [-0.2, -0.15) is 4.79 Å². The van der Waals surface area contributed by atoms with Crippen LogP contribution in [0.1, 0.15) is 44.9 Å². The Morgan fingerprint density at radius 3 is 2.12 bits per heavy atom. The van der Waals surface area contributed by atoms with Crippen molar-refractivity contribution in [1.29, 1.82) is 0 Å². The van der Waals surface area contributed by atoms with Gasteiger partial charge in [-0.05, 0) is 61.7 Å². The molecule has 4 aliphatic rings. The summed E-state index contributed by atoms with van der Waals surface area (Å²) in [5, 5.41) is 0. The predicted octanol–water partition coefficient (Wildman–Crippen LogP) is 2.46. The molecule has 3 nitrogen and oxygen atoms in total. The topological polar surface area (TPSA) is 53.5 Å². The van der Waals surface area contributed by atoms with Gasteiger partial charge < -0.3 is 5.53 Å². The third-order valence-corrected chi connectivity index (χ3v) is 4.92. The Labute approximate surface area is 95.8 Å². The molecule has 4 saturated carbocycles. The summed E-state index contributed by atoms with van der Waals surface area (Å²) in [4.78, 5) is 14.5. The van der Waals surface area contributed by atoms with Crippen molar-refractivity contribution >= 4 is 12.0 Å². The average molecular weight is 218 g/mol. The van der Waals surface area contributed by atoms with Gasteiger partial charge in [-0.15, -0.1) is 0 Å². The predicted molar refractivity (Wildman–Crippen MR) is 59.9 cm³/mol. The van der Waals surface area contributed by atoms with E-state index >= 15 is 0 Å². The van der Waals surface area contributed by atoms with E-state index in [1.165, 1.54) is 38.5 Å². The maximum absolute atomic E-state index is 11.6. The molecular weight excluding hydrogens is 200 g/mol. The maximum Gasteiger partial charge on any atom is 0.323 e. The Balaban J connectivity index is 1.78. The second kappa shape index (κ2) is 3.53. The second-order valence-electron chi connectivity index (χ2n) is 6.31. The zero-order valence-corrected chi connectivity index (χ0v) is 9.56. The van der Waals surface area contributed by atoms with Gasteiger partial charge in [-0.1, -0.05) is 0 Å². The minimum Gasteiger partial charge on any atom is -0.361 e. The second-order valence-corrected chi connectivity index (χ2v) is 6.31. The van der Waals surface area contributed by atoms with Crippen LogP contribution in [-0.2, 0) is 4.79 Å². The van der Waals surface area contributed by atoms with Crippen molar-refractivity contribution in [2.75, 3.05) is 0 Å². The monoisotopic (exact) mass is 218 g/mol. The summed E-state index contributed by atoms with van der Waals surface area (Å²) in [7, 11) is 0. The number of rotatable bonds is 3. The third-order valence-electron chi connectivity index (χ3n) is 4.92. The lowest BCUT2D eigenvalue weighted by Gasteiger charge is -2.56. The van der Waals surface area contributed by atoms with Crippen molar-refractivity contribution in [2.24, 2.45) is 23.2 Å². The van der Waals surface area contributed by atoms with Gasteiger partial charge >= 0.3 is 6.21 Å². The van der Waals surface area contributed by atoms with Gasteiger partial charge in [0.05, 0.1) is 0 Å². The smallest absolute Gasteiger partial charge is 0.323 e. The molecule has 0 heterocycles. The fourth-order valence-electron chi connectivity index (χ4n) is 4.99. The largest absolute Gasteiger partial charge is 0.361 e. The molecular formula is C13H18N2O. The van der Waals surface area contributed by atoms with Gasteiger partial charge in [0.2, 0.25) is 5.78 Å². The molecule has 86 valence electrons. The number of nitrogens with zero attached hydrogens (tertiary/aromatic N) is 2. The number of Topliss-reactive ketones (excluding diaryl/α,β-unsaturated/α-hetero) is 1. The zero-order chi connectivity index (χ0) is 11.2. The van der Waals surface area contributed by atoms with E-state index in [9.17, 15) is 4.79 Å². The first-order chi connectivity index (χ1) is 7.69. The van der Waals surface area contributed by atoms with Gasteiger partial charge in [0, 0.05) is 6.42 Å². The molecule has 0 spiro atoms. The molecule has 4 rings (SSSR count). The number of ketones is 1. The lowest BCUT2D eigenvalue weighted by molar-refractivity contribution is -0.124. The standard InChI is InChI=1S/C13H18N2O/c14-15-8-12(16)7-13-4-9-1-10(5-13)3-11(2-9)6-13/h8-11H,1-7H2. The summed E-state index contributed by atoms with van der Waals surface area (Å²) in [6.45, 7) is 0. The number of hydrogen-bond donors (Lipinski definition) is 0. The Hall–Kier alpha value is -0.950. The molecule has 0 N–H and O–H groups in total. The minimum absolute atomic E-state index is 0.00412. The molecule has 0 aromatic heterocycles. The van der Waals surface area contributed by atoms with Crippen LogP contribution in [0.5, 0.6) is 0 Å². The first kappa shape index (κ1) is 10.2. The van der Waals surface area contributed by atoms with Crippen LogP contribution in [0.25, 0.3) is 5.53 Å². The van der Waals surface area contributed by atoms with Gasteiger partial charge in [-0.3, -0.25) is 4.79 Å². The highest BCUT2D eigenvalue weighted by Gasteiger charge is 2.51. The highest BCUT2D eigenvalue weighted by atomic mass is 16.1. The summed E-state index contributed by atoms with van der Waals surface area (Å²) in [5.41, 5.74) is 8.67. The highest BCUT2D eigenvalue weighted by Crippen LogP contribution is 2.61. The van der Waals surface area contributed by atoms with E-state index in [0.29, 0.717) is 6.42 Å². The van der Waals surface area contributed by atoms with Crippen molar-refractivity contribution in [3.05, 3.63) is 5.53 Å². The van der Waals surface area contributed by atoms with Crippen molar-refractivity contribution in [1.82, 2.24) is 0 Å². The molecule has 16 heavy (non-hydrogen) atoms. The van der Waals surface area contributed by atoms with Crippen LogP contribution in [-0.4, -0.2) is 16.8 Å². The van der Waals surface area contributed by atoms with E-state index in [2.05, 4.69) is 4.79 Å². The summed E-state index contributed by atoms with van der Waals surface area (Å²) in [6.07, 6.45) is 9.63. The summed E-state index contributed by atoms with van der Waals surface area (Å²) in [5.74, 6) is 2.64.